The molecule has 0 amide bonds. The Labute approximate surface area is 100 Å². The highest BCUT2D eigenvalue weighted by molar-refractivity contribution is 5.34. The van der Waals surface area contributed by atoms with Crippen molar-refractivity contribution in [2.75, 3.05) is 0 Å². The normalized spacial score (nSPS) is 12.5. The summed E-state index contributed by atoms with van der Waals surface area (Å²) < 4.78 is 13.7. The molecule has 0 spiro atoms. The van der Waals surface area contributed by atoms with Crippen molar-refractivity contribution in [3.05, 3.63) is 64.7 Å². The third-order valence-electron chi connectivity index (χ3n) is 2.74. The summed E-state index contributed by atoms with van der Waals surface area (Å²) in [7, 11) is 0. The Balaban J connectivity index is 2.43. The van der Waals surface area contributed by atoms with E-state index in [9.17, 15) is 4.39 Å². The molecule has 0 aliphatic rings. The predicted molar refractivity (Wildman–Crippen MR) is 66.1 cm³/mol. The van der Waals surface area contributed by atoms with Crippen molar-refractivity contribution in [2.45, 2.75) is 19.9 Å². The van der Waals surface area contributed by atoms with Crippen molar-refractivity contribution < 1.29 is 4.39 Å². The van der Waals surface area contributed by atoms with E-state index in [1.165, 1.54) is 6.07 Å². The molecule has 1 aromatic heterocycles. The number of nitrogens with two attached hydrogens (primary N) is 1. The number of hydrogen-bond acceptors (Lipinski definition) is 2. The summed E-state index contributed by atoms with van der Waals surface area (Å²) in [6.07, 6.45) is 3.43. The van der Waals surface area contributed by atoms with Gasteiger partial charge in [-0.05, 0) is 31.0 Å². The average Bonchev–Trinajstić information content (AvgIpc) is 2.31. The van der Waals surface area contributed by atoms with E-state index in [1.807, 2.05) is 19.9 Å². The van der Waals surface area contributed by atoms with Crippen LogP contribution in [0.2, 0.25) is 0 Å². The lowest BCUT2D eigenvalue weighted by Crippen LogP contribution is -2.14. The fraction of sp³-hybridized carbons (Fsp3) is 0.214. The highest BCUT2D eigenvalue weighted by atomic mass is 19.1. The Bertz CT molecular complexity index is 537. The topological polar surface area (TPSA) is 38.9 Å². The first-order valence-electron chi connectivity index (χ1n) is 5.51. The third-order valence-corrected chi connectivity index (χ3v) is 2.74. The van der Waals surface area contributed by atoms with Crippen LogP contribution in [0.3, 0.4) is 0 Å². The predicted octanol–water partition coefficient (Wildman–Crippen LogP) is 2.89. The molecule has 3 heteroatoms. The molecule has 1 aromatic carbocycles. The van der Waals surface area contributed by atoms with Crippen molar-refractivity contribution >= 4 is 0 Å². The molecule has 2 rings (SSSR count). The summed E-state index contributed by atoms with van der Waals surface area (Å²) in [6, 6.07) is 6.43. The molecule has 88 valence electrons. The molecule has 0 saturated heterocycles. The van der Waals surface area contributed by atoms with Gasteiger partial charge in [-0.15, -0.1) is 0 Å². The van der Waals surface area contributed by atoms with Gasteiger partial charge in [0.1, 0.15) is 5.82 Å². The van der Waals surface area contributed by atoms with Crippen molar-refractivity contribution in [3.8, 4) is 0 Å². The van der Waals surface area contributed by atoms with Gasteiger partial charge in [0.15, 0.2) is 0 Å². The molecule has 17 heavy (non-hydrogen) atoms. The lowest BCUT2D eigenvalue weighted by atomic mass is 9.98. The summed E-state index contributed by atoms with van der Waals surface area (Å²) in [6.45, 7) is 3.86. The van der Waals surface area contributed by atoms with Crippen LogP contribution in [0.15, 0.2) is 36.7 Å². The highest BCUT2D eigenvalue weighted by Gasteiger charge is 2.14. The Morgan fingerprint density at radius 1 is 1.12 bits per heavy atom. The van der Waals surface area contributed by atoms with E-state index >= 15 is 0 Å². The van der Waals surface area contributed by atoms with E-state index in [1.54, 1.807) is 24.5 Å². The minimum Gasteiger partial charge on any atom is -0.320 e. The quantitative estimate of drug-likeness (QED) is 0.861. The van der Waals surface area contributed by atoms with Crippen LogP contribution in [0.25, 0.3) is 0 Å². The number of aromatic nitrogens is 1. The van der Waals surface area contributed by atoms with Crippen LogP contribution in [-0.4, -0.2) is 4.98 Å². The van der Waals surface area contributed by atoms with Gasteiger partial charge in [0.2, 0.25) is 0 Å². The first-order valence-corrected chi connectivity index (χ1v) is 5.51. The second-order valence-corrected chi connectivity index (χ2v) is 4.30. The second-order valence-electron chi connectivity index (χ2n) is 4.30. The third kappa shape index (κ3) is 2.50. The van der Waals surface area contributed by atoms with E-state index in [0.29, 0.717) is 5.56 Å². The maximum Gasteiger partial charge on any atom is 0.128 e. The molecule has 2 aromatic rings. The maximum absolute atomic E-state index is 13.7. The number of halogens is 1. The van der Waals surface area contributed by atoms with Gasteiger partial charge in [-0.2, -0.15) is 0 Å². The Morgan fingerprint density at radius 3 is 2.59 bits per heavy atom. The van der Waals surface area contributed by atoms with Gasteiger partial charge >= 0.3 is 0 Å². The van der Waals surface area contributed by atoms with Crippen LogP contribution >= 0.6 is 0 Å². The molecule has 0 aliphatic heterocycles. The van der Waals surface area contributed by atoms with Crippen molar-refractivity contribution in [1.82, 2.24) is 4.98 Å². The molecule has 1 atom stereocenters. The molecular weight excluding hydrogens is 215 g/mol. The number of nitrogens with zero attached hydrogens (tertiary/aromatic N) is 1. The maximum atomic E-state index is 13.7. The Hall–Kier alpha value is -1.74. The second kappa shape index (κ2) is 4.63. The summed E-state index contributed by atoms with van der Waals surface area (Å²) in [5.74, 6) is -0.274. The number of hydrogen-bond donors (Lipinski definition) is 1. The van der Waals surface area contributed by atoms with Gasteiger partial charge in [0, 0.05) is 18.0 Å². The van der Waals surface area contributed by atoms with E-state index in [0.717, 1.165) is 16.7 Å². The molecule has 2 N–H and O–H groups in total. The fourth-order valence-corrected chi connectivity index (χ4v) is 1.83. The van der Waals surface area contributed by atoms with E-state index in [2.05, 4.69) is 4.98 Å². The first kappa shape index (κ1) is 11.7. The van der Waals surface area contributed by atoms with Gasteiger partial charge in [-0.3, -0.25) is 4.98 Å². The Morgan fingerprint density at radius 2 is 1.88 bits per heavy atom. The molecule has 0 fully saturated rings. The Kier molecular flexibility index (Phi) is 3.20. The summed E-state index contributed by atoms with van der Waals surface area (Å²) in [5.41, 5.74) is 9.43. The monoisotopic (exact) mass is 230 g/mol. The largest absolute Gasteiger partial charge is 0.320 e. The molecule has 2 nitrogen and oxygen atoms in total. The van der Waals surface area contributed by atoms with Crippen LogP contribution in [-0.2, 0) is 0 Å². The van der Waals surface area contributed by atoms with Crippen molar-refractivity contribution in [1.29, 1.82) is 0 Å². The minimum atomic E-state index is -0.470. The van der Waals surface area contributed by atoms with E-state index in [-0.39, 0.29) is 5.82 Å². The number of rotatable bonds is 2. The standard InChI is InChI=1S/C14H15FN2/c1-9-3-4-13(15)12(6-9)14(16)11-5-10(2)7-17-8-11/h3-8,14H,16H2,1-2H3. The summed E-state index contributed by atoms with van der Waals surface area (Å²) in [4.78, 5) is 4.08. The van der Waals surface area contributed by atoms with Gasteiger partial charge < -0.3 is 5.73 Å². The first-order chi connectivity index (χ1) is 8.08. The average molecular weight is 230 g/mol. The minimum absolute atomic E-state index is 0.274. The lowest BCUT2D eigenvalue weighted by Gasteiger charge is -2.14. The van der Waals surface area contributed by atoms with Gasteiger partial charge in [-0.1, -0.05) is 23.8 Å². The number of aryl methyl sites for hydroxylation is 2. The van der Waals surface area contributed by atoms with Crippen LogP contribution in [0.1, 0.15) is 28.3 Å². The van der Waals surface area contributed by atoms with Crippen molar-refractivity contribution in [2.24, 2.45) is 5.73 Å². The van der Waals surface area contributed by atoms with Crippen LogP contribution < -0.4 is 5.73 Å². The number of pyridine rings is 1. The summed E-state index contributed by atoms with van der Waals surface area (Å²) >= 11 is 0. The zero-order chi connectivity index (χ0) is 12.4. The molecule has 0 bridgehead atoms. The molecule has 0 saturated carbocycles. The van der Waals surface area contributed by atoms with Crippen LogP contribution in [0.5, 0.6) is 0 Å². The lowest BCUT2D eigenvalue weighted by molar-refractivity contribution is 0.598. The zero-order valence-electron chi connectivity index (χ0n) is 9.94. The molecule has 1 unspecified atom stereocenters. The highest BCUT2D eigenvalue weighted by Crippen LogP contribution is 2.23. The SMILES string of the molecule is Cc1cncc(C(N)c2cc(C)ccc2F)c1. The summed E-state index contributed by atoms with van der Waals surface area (Å²) in [5, 5.41) is 0. The molecular formula is C14H15FN2. The smallest absolute Gasteiger partial charge is 0.128 e. The van der Waals surface area contributed by atoms with Crippen LogP contribution in [0, 0.1) is 19.7 Å². The molecule has 1 heterocycles. The van der Waals surface area contributed by atoms with Gasteiger partial charge in [0.05, 0.1) is 6.04 Å². The van der Waals surface area contributed by atoms with E-state index in [4.69, 9.17) is 5.73 Å². The van der Waals surface area contributed by atoms with Gasteiger partial charge in [-0.25, -0.2) is 4.39 Å². The van der Waals surface area contributed by atoms with Gasteiger partial charge in [0.25, 0.3) is 0 Å². The zero-order valence-corrected chi connectivity index (χ0v) is 9.94. The number of benzene rings is 1. The molecule has 0 aliphatic carbocycles. The van der Waals surface area contributed by atoms with E-state index < -0.39 is 6.04 Å². The van der Waals surface area contributed by atoms with Crippen molar-refractivity contribution in [3.63, 3.8) is 0 Å². The molecule has 0 radical (unpaired) electrons. The van der Waals surface area contributed by atoms with Crippen LogP contribution in [0.4, 0.5) is 4.39 Å². The fourth-order valence-electron chi connectivity index (χ4n) is 1.83.